The zero-order valence-corrected chi connectivity index (χ0v) is 14.4. The molecule has 0 unspecified atom stereocenters. The standard InChI is InChI=1S/C18H26N2O2S/c21-18(13-22-14-9-11-19-12-10-14)20-16-7-3-4-8-17(16)23-15-5-1-2-6-15/h3-4,7-8,14-15,19H,1-2,5-6,9-13H2,(H,20,21). The molecule has 0 atom stereocenters. The molecule has 1 aromatic carbocycles. The number of anilines is 1. The molecule has 23 heavy (non-hydrogen) atoms. The Kier molecular flexibility index (Phi) is 6.37. The molecule has 2 aliphatic rings. The highest BCUT2D eigenvalue weighted by Gasteiger charge is 2.19. The fourth-order valence-electron chi connectivity index (χ4n) is 3.20. The van der Waals surface area contributed by atoms with Gasteiger partial charge in [0.15, 0.2) is 0 Å². The van der Waals surface area contributed by atoms with Crippen molar-refractivity contribution in [2.45, 2.75) is 54.8 Å². The van der Waals surface area contributed by atoms with E-state index in [-0.39, 0.29) is 18.6 Å². The topological polar surface area (TPSA) is 50.4 Å². The Hall–Kier alpha value is -1.04. The van der Waals surface area contributed by atoms with Crippen LogP contribution in [0.25, 0.3) is 0 Å². The molecular weight excluding hydrogens is 308 g/mol. The van der Waals surface area contributed by atoms with Crippen molar-refractivity contribution in [2.24, 2.45) is 0 Å². The van der Waals surface area contributed by atoms with Crippen LogP contribution >= 0.6 is 11.8 Å². The Morgan fingerprint density at radius 1 is 1.17 bits per heavy atom. The number of ether oxygens (including phenoxy) is 1. The van der Waals surface area contributed by atoms with Crippen molar-refractivity contribution >= 4 is 23.4 Å². The third-order valence-electron chi connectivity index (χ3n) is 4.49. The minimum atomic E-state index is -0.0528. The van der Waals surface area contributed by atoms with Crippen molar-refractivity contribution in [3.05, 3.63) is 24.3 Å². The average Bonchev–Trinajstić information content (AvgIpc) is 3.09. The maximum Gasteiger partial charge on any atom is 0.250 e. The first-order chi connectivity index (χ1) is 11.3. The molecule has 0 radical (unpaired) electrons. The third-order valence-corrected chi connectivity index (χ3v) is 5.91. The van der Waals surface area contributed by atoms with Gasteiger partial charge in [0.05, 0.1) is 11.8 Å². The summed E-state index contributed by atoms with van der Waals surface area (Å²) >= 11 is 1.90. The predicted molar refractivity (Wildman–Crippen MR) is 95.0 cm³/mol. The molecule has 126 valence electrons. The molecule has 0 aromatic heterocycles. The first-order valence-corrected chi connectivity index (χ1v) is 9.57. The van der Waals surface area contributed by atoms with Crippen LogP contribution in [0.4, 0.5) is 5.69 Å². The molecule has 1 saturated carbocycles. The SMILES string of the molecule is O=C(COC1CCNCC1)Nc1ccccc1SC1CCCC1. The number of carbonyl (C=O) groups is 1. The highest BCUT2D eigenvalue weighted by molar-refractivity contribution is 8.00. The molecule has 0 spiro atoms. The van der Waals surface area contributed by atoms with Gasteiger partial charge in [0.25, 0.3) is 0 Å². The average molecular weight is 334 g/mol. The Morgan fingerprint density at radius 3 is 2.70 bits per heavy atom. The number of benzene rings is 1. The maximum absolute atomic E-state index is 12.2. The molecular formula is C18H26N2O2S. The molecule has 0 bridgehead atoms. The van der Waals surface area contributed by atoms with Gasteiger partial charge in [0.1, 0.15) is 6.61 Å². The van der Waals surface area contributed by atoms with Crippen LogP contribution in [0.1, 0.15) is 38.5 Å². The van der Waals surface area contributed by atoms with Crippen LogP contribution in [-0.4, -0.2) is 37.0 Å². The van der Waals surface area contributed by atoms with Crippen molar-refractivity contribution in [1.82, 2.24) is 5.32 Å². The summed E-state index contributed by atoms with van der Waals surface area (Å²) in [6.45, 7) is 2.10. The Morgan fingerprint density at radius 2 is 1.91 bits per heavy atom. The van der Waals surface area contributed by atoms with Crippen LogP contribution in [0.2, 0.25) is 0 Å². The molecule has 4 nitrogen and oxygen atoms in total. The second kappa shape index (κ2) is 8.71. The predicted octanol–water partition coefficient (Wildman–Crippen LogP) is 3.43. The van der Waals surface area contributed by atoms with Gasteiger partial charge in [-0.3, -0.25) is 4.79 Å². The van der Waals surface area contributed by atoms with Gasteiger partial charge in [-0.05, 0) is 50.9 Å². The fraction of sp³-hybridized carbons (Fsp3) is 0.611. The van der Waals surface area contributed by atoms with Gasteiger partial charge in [-0.25, -0.2) is 0 Å². The number of hydrogen-bond donors (Lipinski definition) is 2. The summed E-state index contributed by atoms with van der Waals surface area (Å²) in [5.41, 5.74) is 0.920. The Bertz CT molecular complexity index is 511. The lowest BCUT2D eigenvalue weighted by Gasteiger charge is -2.22. The monoisotopic (exact) mass is 334 g/mol. The van der Waals surface area contributed by atoms with Gasteiger partial charge in [-0.2, -0.15) is 0 Å². The molecule has 1 aromatic rings. The summed E-state index contributed by atoms with van der Waals surface area (Å²) in [5.74, 6) is -0.0528. The number of carbonyl (C=O) groups excluding carboxylic acids is 1. The van der Waals surface area contributed by atoms with E-state index in [9.17, 15) is 4.79 Å². The van der Waals surface area contributed by atoms with Crippen molar-refractivity contribution in [3.63, 3.8) is 0 Å². The minimum Gasteiger partial charge on any atom is -0.368 e. The van der Waals surface area contributed by atoms with E-state index in [0.29, 0.717) is 5.25 Å². The summed E-state index contributed by atoms with van der Waals surface area (Å²) in [6.07, 6.45) is 7.41. The number of amides is 1. The quantitative estimate of drug-likeness (QED) is 0.837. The first kappa shape index (κ1) is 16.8. The summed E-state index contributed by atoms with van der Waals surface area (Å²) in [5, 5.41) is 7.02. The van der Waals surface area contributed by atoms with Crippen LogP contribution in [0.15, 0.2) is 29.2 Å². The summed E-state index contributed by atoms with van der Waals surface area (Å²) in [7, 11) is 0. The van der Waals surface area contributed by atoms with E-state index in [1.165, 1.54) is 30.6 Å². The molecule has 5 heteroatoms. The zero-order valence-electron chi connectivity index (χ0n) is 13.6. The number of para-hydroxylation sites is 1. The number of piperidine rings is 1. The highest BCUT2D eigenvalue weighted by Crippen LogP contribution is 2.37. The second-order valence-electron chi connectivity index (χ2n) is 6.33. The van der Waals surface area contributed by atoms with E-state index in [4.69, 9.17) is 4.74 Å². The lowest BCUT2D eigenvalue weighted by molar-refractivity contribution is -0.123. The number of nitrogens with one attached hydrogen (secondary N) is 2. The molecule has 3 rings (SSSR count). The molecule has 1 saturated heterocycles. The van der Waals surface area contributed by atoms with Crippen molar-refractivity contribution < 1.29 is 9.53 Å². The summed E-state index contributed by atoms with van der Waals surface area (Å²) in [4.78, 5) is 13.4. The molecule has 2 fully saturated rings. The van der Waals surface area contributed by atoms with E-state index in [2.05, 4.69) is 16.7 Å². The van der Waals surface area contributed by atoms with Crippen LogP contribution < -0.4 is 10.6 Å². The van der Waals surface area contributed by atoms with Crippen molar-refractivity contribution in [2.75, 3.05) is 25.0 Å². The van der Waals surface area contributed by atoms with E-state index in [0.717, 1.165) is 31.6 Å². The van der Waals surface area contributed by atoms with E-state index in [1.807, 2.05) is 30.0 Å². The van der Waals surface area contributed by atoms with Crippen LogP contribution in [0.5, 0.6) is 0 Å². The Labute approximate surface area is 142 Å². The largest absolute Gasteiger partial charge is 0.368 e. The second-order valence-corrected chi connectivity index (χ2v) is 7.67. The van der Waals surface area contributed by atoms with Gasteiger partial charge >= 0.3 is 0 Å². The van der Waals surface area contributed by atoms with Gasteiger partial charge in [-0.1, -0.05) is 25.0 Å². The first-order valence-electron chi connectivity index (χ1n) is 8.69. The molecule has 2 N–H and O–H groups in total. The molecule has 1 aliphatic heterocycles. The minimum absolute atomic E-state index is 0.0528. The summed E-state index contributed by atoms with van der Waals surface area (Å²) < 4.78 is 5.73. The molecule has 1 aliphatic carbocycles. The number of rotatable bonds is 6. The number of hydrogen-bond acceptors (Lipinski definition) is 4. The van der Waals surface area contributed by atoms with Crippen LogP contribution in [0.3, 0.4) is 0 Å². The van der Waals surface area contributed by atoms with Crippen molar-refractivity contribution in [3.8, 4) is 0 Å². The van der Waals surface area contributed by atoms with E-state index in [1.54, 1.807) is 0 Å². The van der Waals surface area contributed by atoms with Gasteiger partial charge in [-0.15, -0.1) is 11.8 Å². The van der Waals surface area contributed by atoms with E-state index < -0.39 is 0 Å². The lowest BCUT2D eigenvalue weighted by atomic mass is 10.1. The molecule has 1 heterocycles. The van der Waals surface area contributed by atoms with E-state index >= 15 is 0 Å². The third kappa shape index (κ3) is 5.23. The van der Waals surface area contributed by atoms with Crippen molar-refractivity contribution in [1.29, 1.82) is 0 Å². The lowest BCUT2D eigenvalue weighted by Crippen LogP contribution is -2.34. The maximum atomic E-state index is 12.2. The number of thioether (sulfide) groups is 1. The van der Waals surface area contributed by atoms with Gasteiger partial charge in [0, 0.05) is 10.1 Å². The van der Waals surface area contributed by atoms with Gasteiger partial charge < -0.3 is 15.4 Å². The normalized spacial score (nSPS) is 19.8. The smallest absolute Gasteiger partial charge is 0.250 e. The Balaban J connectivity index is 1.50. The molecule has 1 amide bonds. The fourth-order valence-corrected chi connectivity index (χ4v) is 4.53. The van der Waals surface area contributed by atoms with Gasteiger partial charge in [0.2, 0.25) is 5.91 Å². The summed E-state index contributed by atoms with van der Waals surface area (Å²) in [6, 6.07) is 8.10. The zero-order chi connectivity index (χ0) is 15.9. The highest BCUT2D eigenvalue weighted by atomic mass is 32.2. The van der Waals surface area contributed by atoms with Crippen LogP contribution in [0, 0.1) is 0 Å². The van der Waals surface area contributed by atoms with Crippen LogP contribution in [-0.2, 0) is 9.53 Å².